The first kappa shape index (κ1) is 16.6. The molecule has 0 saturated carbocycles. The summed E-state index contributed by atoms with van der Waals surface area (Å²) in [6.45, 7) is 2.69. The molecule has 132 valence electrons. The number of aromatic amines is 1. The number of hydrogen-bond donors (Lipinski definition) is 1. The van der Waals surface area contributed by atoms with Crippen molar-refractivity contribution in [2.75, 3.05) is 7.05 Å². The maximum absolute atomic E-state index is 12.1. The molecule has 0 spiro atoms. The first-order valence-corrected chi connectivity index (χ1v) is 9.11. The molecule has 0 aliphatic heterocycles. The van der Waals surface area contributed by atoms with Crippen LogP contribution in [-0.4, -0.2) is 36.7 Å². The molecule has 0 amide bonds. The second-order valence-corrected chi connectivity index (χ2v) is 7.09. The molecule has 0 bridgehead atoms. The molecule has 3 aromatic heterocycles. The third-order valence-corrected chi connectivity index (χ3v) is 5.39. The first-order valence-electron chi connectivity index (χ1n) is 8.23. The summed E-state index contributed by atoms with van der Waals surface area (Å²) in [5, 5.41) is 6.02. The van der Waals surface area contributed by atoms with Crippen LogP contribution in [0.15, 0.2) is 53.2 Å². The summed E-state index contributed by atoms with van der Waals surface area (Å²) in [6, 6.07) is 10.2. The molecule has 0 fully saturated rings. The number of H-pyrrole nitrogens is 1. The predicted octanol–water partition coefficient (Wildman–Crippen LogP) is 2.76. The van der Waals surface area contributed by atoms with E-state index in [1.165, 1.54) is 23.2 Å². The summed E-state index contributed by atoms with van der Waals surface area (Å²) in [4.78, 5) is 25.7. The molecular formula is C18H18N6OS. The molecule has 3 heterocycles. The Kier molecular flexibility index (Phi) is 4.36. The highest BCUT2D eigenvalue weighted by atomic mass is 32.1. The van der Waals surface area contributed by atoms with Gasteiger partial charge in [-0.05, 0) is 43.1 Å². The molecule has 1 N–H and O–H groups in total. The summed E-state index contributed by atoms with van der Waals surface area (Å²) in [5.41, 5.74) is 2.83. The van der Waals surface area contributed by atoms with Crippen molar-refractivity contribution in [3.05, 3.63) is 70.1 Å². The van der Waals surface area contributed by atoms with Gasteiger partial charge in [0.1, 0.15) is 23.2 Å². The lowest BCUT2D eigenvalue weighted by atomic mass is 10.1. The molecular weight excluding hydrogens is 348 g/mol. The van der Waals surface area contributed by atoms with Gasteiger partial charge in [0.15, 0.2) is 0 Å². The van der Waals surface area contributed by atoms with Crippen LogP contribution < -0.4 is 5.56 Å². The smallest absolute Gasteiger partial charge is 0.268 e. The molecule has 26 heavy (non-hydrogen) atoms. The molecule has 1 atom stereocenters. The van der Waals surface area contributed by atoms with Gasteiger partial charge < -0.3 is 4.98 Å². The molecule has 0 saturated heterocycles. The van der Waals surface area contributed by atoms with Gasteiger partial charge >= 0.3 is 0 Å². The second-order valence-electron chi connectivity index (χ2n) is 6.17. The molecule has 7 nitrogen and oxygen atoms in total. The molecule has 8 heteroatoms. The lowest BCUT2D eigenvalue weighted by Crippen LogP contribution is -2.24. The van der Waals surface area contributed by atoms with Crippen LogP contribution in [0.1, 0.15) is 24.4 Å². The summed E-state index contributed by atoms with van der Waals surface area (Å²) >= 11 is 1.41. The highest BCUT2D eigenvalue weighted by Gasteiger charge is 2.14. The zero-order valence-corrected chi connectivity index (χ0v) is 15.3. The van der Waals surface area contributed by atoms with Crippen molar-refractivity contribution in [2.24, 2.45) is 0 Å². The number of thiophene rings is 1. The Morgan fingerprint density at radius 2 is 2.08 bits per heavy atom. The van der Waals surface area contributed by atoms with Crippen molar-refractivity contribution in [2.45, 2.75) is 19.5 Å². The van der Waals surface area contributed by atoms with Gasteiger partial charge in [0.25, 0.3) is 5.56 Å². The minimum atomic E-state index is -0.0711. The van der Waals surface area contributed by atoms with Crippen molar-refractivity contribution in [3.8, 4) is 5.69 Å². The van der Waals surface area contributed by atoms with Crippen LogP contribution in [0.25, 0.3) is 15.9 Å². The summed E-state index contributed by atoms with van der Waals surface area (Å²) in [6.07, 6.45) is 3.19. The van der Waals surface area contributed by atoms with E-state index >= 15 is 0 Å². The van der Waals surface area contributed by atoms with Gasteiger partial charge in [-0.2, -0.15) is 5.10 Å². The Balaban J connectivity index is 1.51. The topological polar surface area (TPSA) is 79.7 Å². The first-order chi connectivity index (χ1) is 12.6. The standard InChI is InChI=1S/C18H18N6OS/c1-12(13-3-5-14(6-4-13)24-11-19-10-20-24)23(2)9-16-21-15-7-8-26-17(15)18(25)22-16/h3-8,10-12H,9H2,1-2H3,(H,21,22,25)/t12-/m0/s1. The van der Waals surface area contributed by atoms with Gasteiger partial charge in [0, 0.05) is 6.04 Å². The predicted molar refractivity (Wildman–Crippen MR) is 101 cm³/mol. The highest BCUT2D eigenvalue weighted by Crippen LogP contribution is 2.22. The van der Waals surface area contributed by atoms with E-state index in [1.807, 2.05) is 30.6 Å². The van der Waals surface area contributed by atoms with Crippen LogP contribution in [0.3, 0.4) is 0 Å². The molecule has 4 rings (SSSR count). The third-order valence-electron chi connectivity index (χ3n) is 4.48. The second kappa shape index (κ2) is 6.81. The Morgan fingerprint density at radius 3 is 2.81 bits per heavy atom. The van der Waals surface area contributed by atoms with E-state index in [-0.39, 0.29) is 11.6 Å². The lowest BCUT2D eigenvalue weighted by Gasteiger charge is -2.24. The monoisotopic (exact) mass is 366 g/mol. The average Bonchev–Trinajstić information content (AvgIpc) is 3.33. The quantitative estimate of drug-likeness (QED) is 0.587. The fourth-order valence-electron chi connectivity index (χ4n) is 2.87. The highest BCUT2D eigenvalue weighted by molar-refractivity contribution is 7.17. The number of nitrogens with one attached hydrogen (secondary N) is 1. The van der Waals surface area contributed by atoms with Crippen LogP contribution >= 0.6 is 11.3 Å². The van der Waals surface area contributed by atoms with E-state index < -0.39 is 0 Å². The Labute approximate surface area is 154 Å². The van der Waals surface area contributed by atoms with Crippen molar-refractivity contribution in [1.29, 1.82) is 0 Å². The number of nitrogens with zero attached hydrogens (tertiary/aromatic N) is 5. The molecule has 0 unspecified atom stereocenters. The summed E-state index contributed by atoms with van der Waals surface area (Å²) in [5.74, 6) is 0.675. The van der Waals surface area contributed by atoms with Gasteiger partial charge in [-0.15, -0.1) is 11.3 Å². The fraction of sp³-hybridized carbons (Fsp3) is 0.222. The number of benzene rings is 1. The molecule has 1 aromatic carbocycles. The van der Waals surface area contributed by atoms with E-state index in [9.17, 15) is 4.79 Å². The number of fused-ring (bicyclic) bond motifs is 1. The van der Waals surface area contributed by atoms with Crippen LogP contribution in [0.2, 0.25) is 0 Å². The lowest BCUT2D eigenvalue weighted by molar-refractivity contribution is 0.247. The third kappa shape index (κ3) is 3.16. The van der Waals surface area contributed by atoms with Gasteiger partial charge in [-0.3, -0.25) is 9.69 Å². The molecule has 0 aliphatic rings. The molecule has 0 radical (unpaired) electrons. The normalized spacial score (nSPS) is 12.7. The van der Waals surface area contributed by atoms with Crippen LogP contribution in [0.5, 0.6) is 0 Å². The summed E-state index contributed by atoms with van der Waals surface area (Å²) < 4.78 is 2.40. The largest absolute Gasteiger partial charge is 0.308 e. The minimum Gasteiger partial charge on any atom is -0.308 e. The van der Waals surface area contributed by atoms with E-state index in [4.69, 9.17) is 0 Å². The van der Waals surface area contributed by atoms with Crippen LogP contribution in [-0.2, 0) is 6.54 Å². The van der Waals surface area contributed by atoms with Crippen molar-refractivity contribution >= 4 is 21.6 Å². The zero-order valence-electron chi connectivity index (χ0n) is 14.5. The van der Waals surface area contributed by atoms with Crippen molar-refractivity contribution in [3.63, 3.8) is 0 Å². The van der Waals surface area contributed by atoms with Gasteiger partial charge in [0.05, 0.1) is 17.7 Å². The maximum Gasteiger partial charge on any atom is 0.268 e. The van der Waals surface area contributed by atoms with Crippen molar-refractivity contribution in [1.82, 2.24) is 29.6 Å². The van der Waals surface area contributed by atoms with E-state index in [0.29, 0.717) is 17.1 Å². The van der Waals surface area contributed by atoms with E-state index in [2.05, 4.69) is 44.0 Å². The van der Waals surface area contributed by atoms with Crippen molar-refractivity contribution < 1.29 is 0 Å². The summed E-state index contributed by atoms with van der Waals surface area (Å²) in [7, 11) is 2.02. The van der Waals surface area contributed by atoms with Gasteiger partial charge in [-0.1, -0.05) is 12.1 Å². The zero-order chi connectivity index (χ0) is 18.1. The SMILES string of the molecule is C[C@@H](c1ccc(-n2cncn2)cc1)N(C)Cc1nc2ccsc2c(=O)[nH]1. The Morgan fingerprint density at radius 1 is 1.27 bits per heavy atom. The average molecular weight is 366 g/mol. The van der Waals surface area contributed by atoms with Crippen LogP contribution in [0, 0.1) is 0 Å². The molecule has 0 aliphatic carbocycles. The fourth-order valence-corrected chi connectivity index (χ4v) is 3.60. The Hall–Kier alpha value is -2.84. The number of rotatable bonds is 5. The van der Waals surface area contributed by atoms with Crippen LogP contribution in [0.4, 0.5) is 0 Å². The minimum absolute atomic E-state index is 0.0711. The van der Waals surface area contributed by atoms with E-state index in [0.717, 1.165) is 11.2 Å². The maximum atomic E-state index is 12.1. The Bertz CT molecular complexity index is 1070. The van der Waals surface area contributed by atoms with Gasteiger partial charge in [-0.25, -0.2) is 14.6 Å². The van der Waals surface area contributed by atoms with E-state index in [1.54, 1.807) is 11.0 Å². The molecule has 4 aromatic rings. The number of hydrogen-bond acceptors (Lipinski definition) is 6. The van der Waals surface area contributed by atoms with Gasteiger partial charge in [0.2, 0.25) is 0 Å². The number of aromatic nitrogens is 5.